The maximum absolute atomic E-state index is 14.4. The largest absolute Gasteiger partial charge is 0.456 e. The van der Waals surface area contributed by atoms with E-state index in [2.05, 4.69) is 38.1 Å². The van der Waals surface area contributed by atoms with Crippen molar-refractivity contribution in [2.45, 2.75) is 97.2 Å². The minimum absolute atomic E-state index is 0.0476. The summed E-state index contributed by atoms with van der Waals surface area (Å²) in [6, 6.07) is 23.8. The molecular formula is C37H44N2O3. The lowest BCUT2D eigenvalue weighted by molar-refractivity contribution is -0.120. The van der Waals surface area contributed by atoms with Gasteiger partial charge in [-0.3, -0.25) is 9.79 Å². The topological polar surface area (TPSA) is 59.0 Å². The third kappa shape index (κ3) is 7.00. The first-order chi connectivity index (χ1) is 20.1. The van der Waals surface area contributed by atoms with Gasteiger partial charge in [0.25, 0.3) is 5.91 Å². The van der Waals surface area contributed by atoms with E-state index in [0.717, 1.165) is 22.4 Å². The van der Waals surface area contributed by atoms with E-state index < -0.39 is 17.6 Å². The highest BCUT2D eigenvalue weighted by Crippen LogP contribution is 2.35. The second-order valence-corrected chi connectivity index (χ2v) is 13.2. The lowest BCUT2D eigenvalue weighted by Gasteiger charge is -2.27. The molecule has 1 aliphatic carbocycles. The fraction of sp³-hybridized carbons (Fsp3) is 0.432. The van der Waals surface area contributed by atoms with E-state index in [0.29, 0.717) is 30.1 Å². The Balaban J connectivity index is 1.58. The Morgan fingerprint density at radius 1 is 0.952 bits per heavy atom. The van der Waals surface area contributed by atoms with Gasteiger partial charge in [0.05, 0.1) is 23.5 Å². The van der Waals surface area contributed by atoms with E-state index in [1.165, 1.54) is 37.7 Å². The molecule has 3 aromatic carbocycles. The number of ether oxygens (including phenoxy) is 1. The summed E-state index contributed by atoms with van der Waals surface area (Å²) < 4.78 is 5.71. The zero-order valence-electron chi connectivity index (χ0n) is 25.7. The molecule has 1 atom stereocenters. The third-order valence-corrected chi connectivity index (χ3v) is 8.15. The third-order valence-electron chi connectivity index (χ3n) is 8.15. The van der Waals surface area contributed by atoms with Crippen molar-refractivity contribution in [2.24, 2.45) is 10.9 Å². The summed E-state index contributed by atoms with van der Waals surface area (Å²) in [6.45, 7) is 10.2. The van der Waals surface area contributed by atoms with Crippen LogP contribution in [0.15, 0.2) is 77.8 Å². The van der Waals surface area contributed by atoms with Crippen molar-refractivity contribution in [1.82, 2.24) is 0 Å². The summed E-state index contributed by atoms with van der Waals surface area (Å²) in [5, 5.41) is 0. The molecule has 5 rings (SSSR count). The molecule has 1 amide bonds. The van der Waals surface area contributed by atoms with Crippen molar-refractivity contribution >= 4 is 23.3 Å². The number of anilines is 1. The number of rotatable bonds is 7. The van der Waals surface area contributed by atoms with Crippen LogP contribution in [-0.2, 0) is 16.1 Å². The molecule has 42 heavy (non-hydrogen) atoms. The number of carbonyl (C=O) groups excluding carboxylic acids is 2. The number of nitrogens with zero attached hydrogens (tertiary/aromatic N) is 2. The second-order valence-electron chi connectivity index (χ2n) is 13.2. The number of hydrogen-bond acceptors (Lipinski definition) is 4. The van der Waals surface area contributed by atoms with Gasteiger partial charge >= 0.3 is 5.97 Å². The molecule has 3 aromatic rings. The van der Waals surface area contributed by atoms with Crippen molar-refractivity contribution in [3.8, 4) is 0 Å². The SMILES string of the molecule is CC(C)C[C@H]1N=C(c2ccccc2)c2ccc(C(=O)OC(C)(C)C)cc2N(Cc2ccc(C3CCCCC3)cc2)C1=O. The Morgan fingerprint density at radius 3 is 2.29 bits per heavy atom. The standard InChI is InChI=1S/C37H44N2O3/c1-25(2)22-32-35(40)39(24-26-16-18-28(19-17-26)27-12-8-6-9-13-27)33-23-30(36(41)42-37(3,4)5)20-21-31(33)34(38-32)29-14-10-7-11-15-29/h7,10-11,14-21,23,25,27,32H,6,8-9,12-13,22,24H2,1-5H3/t32-/m1/s1. The first-order valence-corrected chi connectivity index (χ1v) is 15.5. The van der Waals surface area contributed by atoms with Gasteiger partial charge in [-0.1, -0.05) is 87.7 Å². The number of hydrogen-bond donors (Lipinski definition) is 0. The monoisotopic (exact) mass is 564 g/mol. The maximum atomic E-state index is 14.4. The average molecular weight is 565 g/mol. The van der Waals surface area contributed by atoms with Gasteiger partial charge in [-0.25, -0.2) is 4.79 Å². The number of fused-ring (bicyclic) bond motifs is 1. The Hall–Kier alpha value is -3.73. The number of benzodiazepines with no additional fused rings is 1. The molecule has 0 N–H and O–H groups in total. The van der Waals surface area contributed by atoms with Gasteiger partial charge in [0.1, 0.15) is 11.6 Å². The van der Waals surface area contributed by atoms with Crippen molar-refractivity contribution < 1.29 is 14.3 Å². The molecule has 0 aromatic heterocycles. The van der Waals surface area contributed by atoms with Crippen LogP contribution in [0, 0.1) is 5.92 Å². The van der Waals surface area contributed by atoms with Crippen molar-refractivity contribution in [2.75, 3.05) is 4.90 Å². The van der Waals surface area contributed by atoms with Crippen LogP contribution in [0.3, 0.4) is 0 Å². The molecule has 220 valence electrons. The summed E-state index contributed by atoms with van der Waals surface area (Å²) >= 11 is 0. The molecule has 0 bridgehead atoms. The van der Waals surface area contributed by atoms with E-state index in [4.69, 9.17) is 9.73 Å². The van der Waals surface area contributed by atoms with Crippen LogP contribution in [0.4, 0.5) is 5.69 Å². The molecule has 5 heteroatoms. The summed E-state index contributed by atoms with van der Waals surface area (Å²) in [5.74, 6) is 0.459. The van der Waals surface area contributed by atoms with Gasteiger partial charge in [-0.15, -0.1) is 0 Å². The molecule has 0 radical (unpaired) electrons. The molecular weight excluding hydrogens is 520 g/mol. The minimum Gasteiger partial charge on any atom is -0.456 e. The van der Waals surface area contributed by atoms with Crippen LogP contribution in [0.2, 0.25) is 0 Å². The van der Waals surface area contributed by atoms with Crippen LogP contribution in [0.25, 0.3) is 0 Å². The Labute approximate surface area is 251 Å². The van der Waals surface area contributed by atoms with Crippen molar-refractivity contribution in [3.63, 3.8) is 0 Å². The predicted molar refractivity (Wildman–Crippen MR) is 170 cm³/mol. The molecule has 1 fully saturated rings. The first-order valence-electron chi connectivity index (χ1n) is 15.5. The van der Waals surface area contributed by atoms with E-state index in [9.17, 15) is 9.59 Å². The number of aliphatic imine (C=N–C) groups is 1. The summed E-state index contributed by atoms with van der Waals surface area (Å²) in [7, 11) is 0. The highest BCUT2D eigenvalue weighted by molar-refractivity contribution is 6.20. The predicted octanol–water partition coefficient (Wildman–Crippen LogP) is 8.49. The molecule has 5 nitrogen and oxygen atoms in total. The lowest BCUT2D eigenvalue weighted by atomic mass is 9.84. The van der Waals surface area contributed by atoms with Gasteiger partial charge in [0.2, 0.25) is 0 Å². The second kappa shape index (κ2) is 12.6. The normalized spacial score (nSPS) is 18.0. The van der Waals surface area contributed by atoms with Crippen LogP contribution in [-0.4, -0.2) is 29.2 Å². The number of esters is 1. The molecule has 0 saturated heterocycles. The Kier molecular flexibility index (Phi) is 8.96. The van der Waals surface area contributed by atoms with Gasteiger partial charge in [-0.05, 0) is 81.2 Å². The first kappa shape index (κ1) is 29.8. The van der Waals surface area contributed by atoms with Gasteiger partial charge in [0.15, 0.2) is 0 Å². The summed E-state index contributed by atoms with van der Waals surface area (Å²) in [5.41, 5.74) is 5.49. The van der Waals surface area contributed by atoms with E-state index in [1.54, 1.807) is 6.07 Å². The highest BCUT2D eigenvalue weighted by atomic mass is 16.6. The fourth-order valence-corrected chi connectivity index (χ4v) is 6.10. The zero-order valence-corrected chi connectivity index (χ0v) is 25.7. The van der Waals surface area contributed by atoms with Crippen molar-refractivity contribution in [1.29, 1.82) is 0 Å². The molecule has 1 aliphatic heterocycles. The number of benzene rings is 3. The van der Waals surface area contributed by atoms with Gasteiger partial charge < -0.3 is 9.64 Å². The number of carbonyl (C=O) groups is 2. The highest BCUT2D eigenvalue weighted by Gasteiger charge is 2.33. The summed E-state index contributed by atoms with van der Waals surface area (Å²) in [4.78, 5) is 34.5. The van der Waals surface area contributed by atoms with Crippen LogP contribution in [0.1, 0.15) is 112 Å². The Bertz CT molecular complexity index is 1430. The van der Waals surface area contributed by atoms with E-state index >= 15 is 0 Å². The van der Waals surface area contributed by atoms with Gasteiger partial charge in [-0.2, -0.15) is 0 Å². The summed E-state index contributed by atoms with van der Waals surface area (Å²) in [6.07, 6.45) is 7.07. The smallest absolute Gasteiger partial charge is 0.338 e. The zero-order chi connectivity index (χ0) is 29.9. The lowest BCUT2D eigenvalue weighted by Crippen LogP contribution is -2.38. The van der Waals surface area contributed by atoms with E-state index in [1.807, 2.05) is 68.1 Å². The number of amides is 1. The maximum Gasteiger partial charge on any atom is 0.338 e. The molecule has 1 saturated carbocycles. The van der Waals surface area contributed by atoms with Crippen LogP contribution >= 0.6 is 0 Å². The Morgan fingerprint density at radius 2 is 1.64 bits per heavy atom. The van der Waals surface area contributed by atoms with E-state index in [-0.39, 0.29) is 11.8 Å². The van der Waals surface area contributed by atoms with Crippen molar-refractivity contribution in [3.05, 3.63) is 101 Å². The molecule has 0 spiro atoms. The fourth-order valence-electron chi connectivity index (χ4n) is 6.10. The minimum atomic E-state index is -0.627. The molecule has 0 unspecified atom stereocenters. The van der Waals surface area contributed by atoms with Gasteiger partial charge in [0, 0.05) is 11.1 Å². The van der Waals surface area contributed by atoms with Crippen LogP contribution < -0.4 is 4.90 Å². The van der Waals surface area contributed by atoms with Crippen LogP contribution in [0.5, 0.6) is 0 Å². The average Bonchev–Trinajstić information content (AvgIpc) is 3.07. The molecule has 2 aliphatic rings. The quantitative estimate of drug-likeness (QED) is 0.270. The molecule has 1 heterocycles.